The van der Waals surface area contributed by atoms with E-state index in [0.29, 0.717) is 0 Å². The Labute approximate surface area is 405 Å². The van der Waals surface area contributed by atoms with Crippen LogP contribution in [0.25, 0.3) is 105 Å². The molecule has 11 aromatic carbocycles. The first-order valence-corrected chi connectivity index (χ1v) is 24.3. The fourth-order valence-corrected chi connectivity index (χ4v) is 12.5. The molecule has 0 saturated heterocycles. The van der Waals surface area contributed by atoms with Crippen LogP contribution in [0, 0.1) is 0 Å². The summed E-state index contributed by atoms with van der Waals surface area (Å²) in [6.45, 7) is 0. The molecule has 70 heavy (non-hydrogen) atoms. The van der Waals surface area contributed by atoms with Gasteiger partial charge >= 0.3 is 0 Å². The number of nitrogens with zero attached hydrogens (tertiary/aromatic N) is 3. The highest BCUT2D eigenvalue weighted by Crippen LogP contribution is 2.57. The Morgan fingerprint density at radius 3 is 1.37 bits per heavy atom. The number of aromatic nitrogens is 3. The summed E-state index contributed by atoms with van der Waals surface area (Å²) < 4.78 is 7.37. The Balaban J connectivity index is 1.01. The molecule has 3 nitrogen and oxygen atoms in total. The smallest absolute Gasteiger partial charge is 0.0713 e. The SMILES string of the molecule is c1ccc(-n2c3ccccc3c3c(-c4ccc(-n5c6ccc(C7(c8ccccc8)c8ccccc8-c8ccccc87)cc6c6ccc7c(c8ccccc8n7-c7ccccc7)c65)cc4)cccc32)cc1. The van der Waals surface area contributed by atoms with Crippen molar-refractivity contribution in [1.29, 1.82) is 0 Å². The van der Waals surface area contributed by atoms with E-state index < -0.39 is 5.41 Å². The van der Waals surface area contributed by atoms with Crippen LogP contribution in [0.1, 0.15) is 22.3 Å². The summed E-state index contributed by atoms with van der Waals surface area (Å²) in [5.41, 5.74) is 20.2. The molecule has 0 spiro atoms. The predicted molar refractivity (Wildman–Crippen MR) is 292 cm³/mol. The normalized spacial score (nSPS) is 13.0. The summed E-state index contributed by atoms with van der Waals surface area (Å²) >= 11 is 0. The standard InChI is InChI=1S/C67H43N3/c1-4-19-45(20-5-1)67(57-30-14-10-25-51(57)52-26-11-15-31-58(52)67)46-37-41-61-56(43-46)53-40-42-63-65(55-28-13-17-33-60(55)69(63)48-23-8-3-9-24-48)66(53)70(61)49-38-35-44(36-39-49)50-29-18-34-62-64(50)54-27-12-16-32-59(54)68(62)47-21-6-2-7-22-47/h1-43H. The molecule has 0 aliphatic heterocycles. The highest BCUT2D eigenvalue weighted by molar-refractivity contribution is 6.26. The highest BCUT2D eigenvalue weighted by Gasteiger charge is 2.46. The Kier molecular flexibility index (Phi) is 8.28. The van der Waals surface area contributed by atoms with Crippen LogP contribution in [0.5, 0.6) is 0 Å². The van der Waals surface area contributed by atoms with Gasteiger partial charge in [0.15, 0.2) is 0 Å². The zero-order valence-corrected chi connectivity index (χ0v) is 38.2. The molecule has 1 aliphatic carbocycles. The van der Waals surface area contributed by atoms with E-state index in [1.54, 1.807) is 0 Å². The minimum Gasteiger partial charge on any atom is -0.309 e. The van der Waals surface area contributed by atoms with E-state index in [9.17, 15) is 0 Å². The van der Waals surface area contributed by atoms with Crippen LogP contribution in [0.4, 0.5) is 0 Å². The molecule has 0 amide bonds. The van der Waals surface area contributed by atoms with Crippen LogP contribution in [0.2, 0.25) is 0 Å². The maximum absolute atomic E-state index is 2.54. The van der Waals surface area contributed by atoms with Crippen LogP contribution >= 0.6 is 0 Å². The first-order chi connectivity index (χ1) is 34.8. The van der Waals surface area contributed by atoms with E-state index in [1.807, 2.05) is 0 Å². The number of para-hydroxylation sites is 4. The Morgan fingerprint density at radius 1 is 0.257 bits per heavy atom. The molecule has 326 valence electrons. The predicted octanol–water partition coefficient (Wildman–Crippen LogP) is 17.0. The molecular formula is C67H43N3. The van der Waals surface area contributed by atoms with E-state index in [4.69, 9.17) is 0 Å². The average molecular weight is 890 g/mol. The highest BCUT2D eigenvalue weighted by atomic mass is 15.0. The van der Waals surface area contributed by atoms with Gasteiger partial charge in [0.25, 0.3) is 0 Å². The molecule has 0 bridgehead atoms. The topological polar surface area (TPSA) is 14.8 Å². The van der Waals surface area contributed by atoms with Crippen LogP contribution in [0.3, 0.4) is 0 Å². The van der Waals surface area contributed by atoms with Crippen molar-refractivity contribution >= 4 is 65.4 Å². The van der Waals surface area contributed by atoms with E-state index in [1.165, 1.54) is 110 Å². The van der Waals surface area contributed by atoms with Crippen molar-refractivity contribution in [3.05, 3.63) is 283 Å². The van der Waals surface area contributed by atoms with Gasteiger partial charge in [-0.05, 0) is 117 Å². The molecule has 0 radical (unpaired) electrons. The lowest BCUT2D eigenvalue weighted by atomic mass is 9.67. The first-order valence-electron chi connectivity index (χ1n) is 24.3. The van der Waals surface area contributed by atoms with Crippen molar-refractivity contribution in [3.63, 3.8) is 0 Å². The van der Waals surface area contributed by atoms with Gasteiger partial charge in [0, 0.05) is 49.4 Å². The van der Waals surface area contributed by atoms with Gasteiger partial charge in [0.1, 0.15) is 0 Å². The lowest BCUT2D eigenvalue weighted by molar-refractivity contribution is 0.770. The zero-order chi connectivity index (χ0) is 45.9. The summed E-state index contributed by atoms with van der Waals surface area (Å²) in [4.78, 5) is 0. The van der Waals surface area contributed by atoms with E-state index in [2.05, 4.69) is 275 Å². The number of rotatable bonds is 6. The molecule has 0 atom stereocenters. The van der Waals surface area contributed by atoms with Crippen molar-refractivity contribution in [3.8, 4) is 39.3 Å². The third kappa shape index (κ3) is 5.29. The molecule has 1 aliphatic rings. The molecule has 3 heterocycles. The fraction of sp³-hybridized carbons (Fsp3) is 0.0149. The van der Waals surface area contributed by atoms with E-state index >= 15 is 0 Å². The van der Waals surface area contributed by atoms with Gasteiger partial charge in [0.2, 0.25) is 0 Å². The molecule has 3 heteroatoms. The summed E-state index contributed by atoms with van der Waals surface area (Å²) in [7, 11) is 0. The molecule has 0 unspecified atom stereocenters. The second-order valence-corrected chi connectivity index (χ2v) is 18.8. The van der Waals surface area contributed by atoms with Crippen molar-refractivity contribution in [2.45, 2.75) is 5.41 Å². The number of benzene rings is 11. The van der Waals surface area contributed by atoms with Crippen molar-refractivity contribution in [1.82, 2.24) is 13.7 Å². The van der Waals surface area contributed by atoms with Gasteiger partial charge in [0.05, 0.1) is 38.5 Å². The van der Waals surface area contributed by atoms with E-state index in [-0.39, 0.29) is 0 Å². The monoisotopic (exact) mass is 889 g/mol. The third-order valence-corrected chi connectivity index (χ3v) is 15.3. The molecule has 15 rings (SSSR count). The Hall–Kier alpha value is -9.18. The molecular weight excluding hydrogens is 847 g/mol. The largest absolute Gasteiger partial charge is 0.309 e. The summed E-state index contributed by atoms with van der Waals surface area (Å²) in [5, 5.41) is 7.44. The molecule has 0 saturated carbocycles. The van der Waals surface area contributed by atoms with Crippen LogP contribution in [0.15, 0.2) is 261 Å². The van der Waals surface area contributed by atoms with E-state index in [0.717, 1.165) is 17.1 Å². The lowest BCUT2D eigenvalue weighted by Gasteiger charge is -2.34. The number of hydrogen-bond donors (Lipinski definition) is 0. The number of fused-ring (bicyclic) bond motifs is 13. The average Bonchev–Trinajstić information content (AvgIpc) is 4.16. The second-order valence-electron chi connectivity index (χ2n) is 18.8. The molecule has 14 aromatic rings. The minimum atomic E-state index is -0.517. The van der Waals surface area contributed by atoms with Crippen LogP contribution in [-0.4, -0.2) is 13.7 Å². The maximum atomic E-state index is 2.54. The van der Waals surface area contributed by atoms with Gasteiger partial charge in [-0.2, -0.15) is 0 Å². The van der Waals surface area contributed by atoms with Crippen LogP contribution < -0.4 is 0 Å². The van der Waals surface area contributed by atoms with Gasteiger partial charge in [-0.15, -0.1) is 0 Å². The zero-order valence-electron chi connectivity index (χ0n) is 38.2. The molecule has 3 aromatic heterocycles. The lowest BCUT2D eigenvalue weighted by Crippen LogP contribution is -2.28. The van der Waals surface area contributed by atoms with Gasteiger partial charge in [-0.25, -0.2) is 0 Å². The van der Waals surface area contributed by atoms with Crippen molar-refractivity contribution < 1.29 is 0 Å². The minimum absolute atomic E-state index is 0.517. The van der Waals surface area contributed by atoms with Gasteiger partial charge < -0.3 is 13.7 Å². The summed E-state index contributed by atoms with van der Waals surface area (Å²) in [6.07, 6.45) is 0. The van der Waals surface area contributed by atoms with Gasteiger partial charge in [-0.1, -0.05) is 188 Å². The molecule has 0 fully saturated rings. The Morgan fingerprint density at radius 2 is 0.729 bits per heavy atom. The third-order valence-electron chi connectivity index (χ3n) is 15.3. The quantitative estimate of drug-likeness (QED) is 0.158. The Bertz CT molecular complexity index is 4340. The van der Waals surface area contributed by atoms with Crippen molar-refractivity contribution in [2.75, 3.05) is 0 Å². The van der Waals surface area contributed by atoms with Crippen molar-refractivity contribution in [2.24, 2.45) is 0 Å². The second kappa shape index (κ2) is 14.9. The molecule has 0 N–H and O–H groups in total. The van der Waals surface area contributed by atoms with Gasteiger partial charge in [-0.3, -0.25) is 0 Å². The maximum Gasteiger partial charge on any atom is 0.0713 e. The summed E-state index contributed by atoms with van der Waals surface area (Å²) in [6, 6.07) is 96.6. The summed E-state index contributed by atoms with van der Waals surface area (Å²) in [5.74, 6) is 0. The first kappa shape index (κ1) is 38.9. The fourth-order valence-electron chi connectivity index (χ4n) is 12.5. The number of hydrogen-bond acceptors (Lipinski definition) is 0. The van der Waals surface area contributed by atoms with Crippen LogP contribution in [-0.2, 0) is 5.41 Å².